The van der Waals surface area contributed by atoms with Crippen LogP contribution < -0.4 is 0 Å². The summed E-state index contributed by atoms with van der Waals surface area (Å²) in [5.41, 5.74) is 0. The Hall–Kier alpha value is -4.45. The van der Waals surface area contributed by atoms with Crippen molar-refractivity contribution in [2.45, 2.75) is 297 Å². The summed E-state index contributed by atoms with van der Waals surface area (Å²) in [7, 11) is 0. The normalized spacial score (nSPS) is 13.0. The van der Waals surface area contributed by atoms with Gasteiger partial charge < -0.3 is 14.2 Å². The van der Waals surface area contributed by atoms with E-state index < -0.39 is 12.1 Å². The monoisotopic (exact) mass is 1090 g/mol. The highest BCUT2D eigenvalue weighted by molar-refractivity contribution is 5.72. The maximum Gasteiger partial charge on any atom is 0.310 e. The Balaban J connectivity index is 4.23. The Morgan fingerprint density at radius 2 is 0.557 bits per heavy atom. The van der Waals surface area contributed by atoms with Gasteiger partial charge in [0, 0.05) is 12.8 Å². The third-order valence-electron chi connectivity index (χ3n) is 13.7. The number of esters is 3. The van der Waals surface area contributed by atoms with Crippen LogP contribution in [0.1, 0.15) is 290 Å². The molecule has 0 bridgehead atoms. The standard InChI is InChI=1S/C73H120O6/c1-4-7-10-13-16-19-22-25-27-28-29-30-31-32-33-34-35-36-37-38-39-40-41-42-43-44-46-48-51-54-57-60-63-66-72(75)78-69-70(68-77-71(74)65-62-59-56-53-50-47-24-21-18-15-12-9-6-3)79-73(76)67-64-61-58-55-52-49-45-26-23-20-17-14-11-8-5-2/h8-9,11-12,17-18,20-22,25-26,28-29,45,47,50,52,55-56,59,61,64,70H,4-7,10,13-16,19,23-24,27,30-44,46,48-49,51,53-54,57-58,60,62-63,65-69H2,1-3H3/b11-8-,12-9-,20-17-,21-18-,25-22-,29-28-,45-26-,50-47-,55-52-,59-56-,64-61-. The minimum absolute atomic E-state index is 0.0790. The fraction of sp³-hybridized carbons (Fsp3) is 0.658. The molecule has 0 heterocycles. The number of unbranched alkanes of at least 4 members (excludes halogenated alkanes) is 26. The predicted molar refractivity (Wildman–Crippen MR) is 343 cm³/mol. The molecule has 448 valence electrons. The summed E-state index contributed by atoms with van der Waals surface area (Å²) in [6, 6.07) is 0. The first-order valence-electron chi connectivity index (χ1n) is 32.7. The number of rotatable bonds is 58. The maximum atomic E-state index is 12.8. The van der Waals surface area contributed by atoms with Gasteiger partial charge in [0.25, 0.3) is 0 Å². The highest BCUT2D eigenvalue weighted by Gasteiger charge is 2.19. The molecule has 0 aliphatic carbocycles. The number of carbonyl (C=O) groups excluding carboxylic acids is 3. The molecule has 1 atom stereocenters. The third kappa shape index (κ3) is 64.3. The van der Waals surface area contributed by atoms with Crippen molar-refractivity contribution in [2.75, 3.05) is 13.2 Å². The van der Waals surface area contributed by atoms with Crippen LogP contribution in [0.5, 0.6) is 0 Å². The molecule has 0 aromatic rings. The lowest BCUT2D eigenvalue weighted by atomic mass is 10.0. The van der Waals surface area contributed by atoms with Crippen LogP contribution in [0, 0.1) is 0 Å². The lowest BCUT2D eigenvalue weighted by molar-refractivity contribution is -0.166. The van der Waals surface area contributed by atoms with Crippen LogP contribution in [-0.2, 0) is 28.6 Å². The molecule has 6 nitrogen and oxygen atoms in total. The molecule has 6 heteroatoms. The van der Waals surface area contributed by atoms with E-state index in [-0.39, 0.29) is 38.0 Å². The minimum Gasteiger partial charge on any atom is -0.462 e. The second kappa shape index (κ2) is 66.1. The zero-order chi connectivity index (χ0) is 57.1. The van der Waals surface area contributed by atoms with Gasteiger partial charge in [-0.15, -0.1) is 0 Å². The van der Waals surface area contributed by atoms with Crippen molar-refractivity contribution < 1.29 is 28.6 Å². The van der Waals surface area contributed by atoms with E-state index >= 15 is 0 Å². The van der Waals surface area contributed by atoms with E-state index in [0.717, 1.165) is 77.0 Å². The van der Waals surface area contributed by atoms with Crippen molar-refractivity contribution in [1.82, 2.24) is 0 Å². The van der Waals surface area contributed by atoms with Crippen LogP contribution in [0.3, 0.4) is 0 Å². The molecule has 0 aromatic heterocycles. The number of hydrogen-bond acceptors (Lipinski definition) is 6. The molecular weight excluding hydrogens is 973 g/mol. The summed E-state index contributed by atoms with van der Waals surface area (Å²) in [4.78, 5) is 38.1. The molecule has 0 fully saturated rings. The van der Waals surface area contributed by atoms with Crippen molar-refractivity contribution in [3.05, 3.63) is 134 Å². The summed E-state index contributed by atoms with van der Waals surface area (Å²) in [6.07, 6.45) is 93.9. The highest BCUT2D eigenvalue weighted by Crippen LogP contribution is 2.16. The molecule has 0 aromatic carbocycles. The molecule has 0 saturated heterocycles. The zero-order valence-electron chi connectivity index (χ0n) is 51.3. The largest absolute Gasteiger partial charge is 0.462 e. The Kier molecular flexibility index (Phi) is 62.3. The quantitative estimate of drug-likeness (QED) is 0.0261. The second-order valence-electron chi connectivity index (χ2n) is 21.3. The van der Waals surface area contributed by atoms with Crippen LogP contribution in [0.25, 0.3) is 0 Å². The first-order chi connectivity index (χ1) is 39.0. The molecule has 0 aliphatic heterocycles. The van der Waals surface area contributed by atoms with Gasteiger partial charge in [-0.1, -0.05) is 302 Å². The van der Waals surface area contributed by atoms with Gasteiger partial charge in [0.2, 0.25) is 0 Å². The molecule has 79 heavy (non-hydrogen) atoms. The zero-order valence-corrected chi connectivity index (χ0v) is 51.3. The number of allylic oxidation sites excluding steroid dienone is 21. The minimum atomic E-state index is -0.865. The number of hydrogen-bond donors (Lipinski definition) is 0. The second-order valence-corrected chi connectivity index (χ2v) is 21.3. The summed E-state index contributed by atoms with van der Waals surface area (Å²) < 4.78 is 16.7. The fourth-order valence-corrected chi connectivity index (χ4v) is 8.86. The number of carbonyl (C=O) groups is 3. The predicted octanol–water partition coefficient (Wildman–Crippen LogP) is 22.5. The van der Waals surface area contributed by atoms with Crippen molar-refractivity contribution in [3.8, 4) is 0 Å². The van der Waals surface area contributed by atoms with Gasteiger partial charge in [0.1, 0.15) is 13.2 Å². The van der Waals surface area contributed by atoms with Crippen molar-refractivity contribution in [2.24, 2.45) is 0 Å². The molecule has 1 unspecified atom stereocenters. The lowest BCUT2D eigenvalue weighted by Crippen LogP contribution is -2.30. The van der Waals surface area contributed by atoms with E-state index in [2.05, 4.69) is 130 Å². The number of ether oxygens (including phenoxy) is 3. The van der Waals surface area contributed by atoms with E-state index in [4.69, 9.17) is 14.2 Å². The van der Waals surface area contributed by atoms with Crippen molar-refractivity contribution in [1.29, 1.82) is 0 Å². The summed E-state index contributed by atoms with van der Waals surface area (Å²) in [5, 5.41) is 0. The average molecular weight is 1090 g/mol. The third-order valence-corrected chi connectivity index (χ3v) is 13.7. The van der Waals surface area contributed by atoms with Crippen LogP contribution in [-0.4, -0.2) is 37.2 Å². The molecule has 0 radical (unpaired) electrons. The summed E-state index contributed by atoms with van der Waals surface area (Å²) in [5.74, 6) is -1.16. The van der Waals surface area contributed by atoms with Crippen LogP contribution in [0.4, 0.5) is 0 Å². The molecular formula is C73H120O6. The Morgan fingerprint density at radius 3 is 0.911 bits per heavy atom. The smallest absolute Gasteiger partial charge is 0.310 e. The van der Waals surface area contributed by atoms with Crippen LogP contribution >= 0.6 is 0 Å². The Morgan fingerprint density at radius 1 is 0.278 bits per heavy atom. The molecule has 0 aliphatic rings. The van der Waals surface area contributed by atoms with E-state index in [1.807, 2.05) is 18.2 Å². The average Bonchev–Trinajstić information content (AvgIpc) is 3.45. The maximum absolute atomic E-state index is 12.8. The molecule has 0 N–H and O–H groups in total. The topological polar surface area (TPSA) is 78.9 Å². The lowest BCUT2D eigenvalue weighted by Gasteiger charge is -2.18. The van der Waals surface area contributed by atoms with Gasteiger partial charge in [-0.3, -0.25) is 14.4 Å². The highest BCUT2D eigenvalue weighted by atomic mass is 16.6. The van der Waals surface area contributed by atoms with Gasteiger partial charge in [0.05, 0.1) is 6.42 Å². The fourth-order valence-electron chi connectivity index (χ4n) is 8.86. The van der Waals surface area contributed by atoms with Gasteiger partial charge in [-0.2, -0.15) is 0 Å². The molecule has 0 spiro atoms. The summed E-state index contributed by atoms with van der Waals surface area (Å²) >= 11 is 0. The van der Waals surface area contributed by atoms with E-state index in [1.165, 1.54) is 161 Å². The van der Waals surface area contributed by atoms with Gasteiger partial charge in [-0.25, -0.2) is 0 Å². The SMILES string of the molecule is CC/C=C\C/C=C\C/C=C\C/C=C\C/C=C\CC(=O)OC(COC(=O)CC/C=C\C/C=C\C/C=C\C/C=C\CC)COC(=O)CCCCCCCCCCCCCCCCCCCCCCC/C=C\C/C=C\CCCCCCC. The first kappa shape index (κ1) is 74.5. The first-order valence-corrected chi connectivity index (χ1v) is 32.7. The van der Waals surface area contributed by atoms with Gasteiger partial charge >= 0.3 is 17.9 Å². The van der Waals surface area contributed by atoms with Crippen molar-refractivity contribution >= 4 is 17.9 Å². The van der Waals surface area contributed by atoms with E-state index in [0.29, 0.717) is 19.3 Å². The van der Waals surface area contributed by atoms with Crippen molar-refractivity contribution in [3.63, 3.8) is 0 Å². The van der Waals surface area contributed by atoms with Gasteiger partial charge in [-0.05, 0) is 103 Å². The Bertz CT molecular complexity index is 1680. The van der Waals surface area contributed by atoms with Crippen LogP contribution in [0.15, 0.2) is 134 Å². The molecule has 0 amide bonds. The van der Waals surface area contributed by atoms with E-state index in [1.54, 1.807) is 6.08 Å². The van der Waals surface area contributed by atoms with E-state index in [9.17, 15) is 14.4 Å². The molecule has 0 rings (SSSR count). The summed E-state index contributed by atoms with van der Waals surface area (Å²) in [6.45, 7) is 6.26. The molecule has 0 saturated carbocycles. The van der Waals surface area contributed by atoms with Gasteiger partial charge in [0.15, 0.2) is 6.10 Å². The van der Waals surface area contributed by atoms with Crippen LogP contribution in [0.2, 0.25) is 0 Å². The Labute approximate surface area is 487 Å².